The van der Waals surface area contributed by atoms with Crippen molar-refractivity contribution in [1.29, 1.82) is 0 Å². The molecule has 1 aromatic carbocycles. The van der Waals surface area contributed by atoms with Gasteiger partial charge in [0.05, 0.1) is 6.61 Å². The van der Waals surface area contributed by atoms with Crippen LogP contribution in [0, 0.1) is 11.8 Å². The van der Waals surface area contributed by atoms with Crippen molar-refractivity contribution in [3.63, 3.8) is 0 Å². The maximum atomic E-state index is 12.4. The van der Waals surface area contributed by atoms with Gasteiger partial charge in [0.25, 0.3) is 0 Å². The largest absolute Gasteiger partial charge is 0.493 e. The van der Waals surface area contributed by atoms with Gasteiger partial charge in [0, 0.05) is 26.2 Å². The summed E-state index contributed by atoms with van der Waals surface area (Å²) in [7, 11) is 1.86. The maximum absolute atomic E-state index is 12.4. The first kappa shape index (κ1) is 19.6. The average Bonchev–Trinajstić information content (AvgIpc) is 2.64. The Morgan fingerprint density at radius 2 is 1.88 bits per heavy atom. The molecule has 0 spiro atoms. The lowest BCUT2D eigenvalue weighted by Crippen LogP contribution is -2.45. The number of carbonyl (C=O) groups is 1. The van der Waals surface area contributed by atoms with Gasteiger partial charge in [-0.15, -0.1) is 0 Å². The zero-order chi connectivity index (χ0) is 18.2. The fourth-order valence-corrected chi connectivity index (χ4v) is 3.15. The summed E-state index contributed by atoms with van der Waals surface area (Å²) in [6, 6.07) is 8.11. The Morgan fingerprint density at radius 1 is 1.24 bits per heavy atom. The van der Waals surface area contributed by atoms with E-state index in [1.54, 1.807) is 0 Å². The lowest BCUT2D eigenvalue weighted by molar-refractivity contribution is 0.134. The molecule has 5 nitrogen and oxygen atoms in total. The van der Waals surface area contributed by atoms with Crippen molar-refractivity contribution in [3.8, 4) is 5.75 Å². The highest BCUT2D eigenvalue weighted by Gasteiger charge is 2.25. The van der Waals surface area contributed by atoms with Gasteiger partial charge < -0.3 is 20.1 Å². The summed E-state index contributed by atoms with van der Waals surface area (Å²) in [6.07, 6.45) is 3.93. The number of rotatable bonds is 7. The second kappa shape index (κ2) is 9.66. The molecular weight excluding hydrogens is 316 g/mol. The van der Waals surface area contributed by atoms with Gasteiger partial charge in [0.15, 0.2) is 0 Å². The highest BCUT2D eigenvalue weighted by molar-refractivity contribution is 5.74. The number of hydrogen-bond acceptors (Lipinski definition) is 3. The molecule has 1 saturated carbocycles. The van der Waals surface area contributed by atoms with E-state index in [9.17, 15) is 9.90 Å². The summed E-state index contributed by atoms with van der Waals surface area (Å²) in [5, 5.41) is 12.2. The minimum absolute atomic E-state index is 0.0346. The fraction of sp³-hybridized carbons (Fsp3) is 0.650. The van der Waals surface area contributed by atoms with Gasteiger partial charge >= 0.3 is 6.03 Å². The van der Waals surface area contributed by atoms with Crippen LogP contribution in [-0.4, -0.2) is 42.3 Å². The van der Waals surface area contributed by atoms with Crippen LogP contribution in [0.3, 0.4) is 0 Å². The molecule has 1 fully saturated rings. The standard InChI is InChI=1S/C20H32N2O3/c1-15(2)14-25-19-10-6-16(7-11-19)12-21-20(24)22(3)18-8-4-17(13-23)5-9-18/h6-7,10-11,15,17-18,23H,4-5,8-9,12-14H2,1-3H3,(H,21,24). The number of aliphatic hydroxyl groups is 1. The Hall–Kier alpha value is -1.75. The van der Waals surface area contributed by atoms with Crippen molar-refractivity contribution in [2.24, 2.45) is 11.8 Å². The van der Waals surface area contributed by atoms with Crippen LogP contribution in [0.25, 0.3) is 0 Å². The first-order chi connectivity index (χ1) is 12.0. The van der Waals surface area contributed by atoms with Crippen LogP contribution in [0.15, 0.2) is 24.3 Å². The molecule has 0 heterocycles. The predicted molar refractivity (Wildman–Crippen MR) is 99.6 cm³/mol. The van der Waals surface area contributed by atoms with Crippen LogP contribution in [0.4, 0.5) is 4.79 Å². The average molecular weight is 348 g/mol. The third-order valence-corrected chi connectivity index (χ3v) is 4.89. The molecule has 0 unspecified atom stereocenters. The molecule has 5 heteroatoms. The van der Waals surface area contributed by atoms with Gasteiger partial charge in [-0.1, -0.05) is 26.0 Å². The van der Waals surface area contributed by atoms with Crippen molar-refractivity contribution in [1.82, 2.24) is 10.2 Å². The quantitative estimate of drug-likeness (QED) is 0.794. The first-order valence-electron chi connectivity index (χ1n) is 9.32. The van der Waals surface area contributed by atoms with Gasteiger partial charge in [-0.05, 0) is 55.2 Å². The molecule has 140 valence electrons. The monoisotopic (exact) mass is 348 g/mol. The van der Waals surface area contributed by atoms with Crippen LogP contribution < -0.4 is 10.1 Å². The molecule has 0 aliphatic heterocycles. The Bertz CT molecular complexity index is 522. The number of amides is 2. The highest BCUT2D eigenvalue weighted by Crippen LogP contribution is 2.26. The Kier molecular flexibility index (Phi) is 7.56. The zero-order valence-electron chi connectivity index (χ0n) is 15.7. The van der Waals surface area contributed by atoms with Crippen molar-refractivity contribution in [2.75, 3.05) is 20.3 Å². The normalized spacial score (nSPS) is 20.4. The summed E-state index contributed by atoms with van der Waals surface area (Å²) in [5.41, 5.74) is 1.06. The molecule has 0 atom stereocenters. The van der Waals surface area contributed by atoms with Crippen LogP contribution >= 0.6 is 0 Å². The van der Waals surface area contributed by atoms with Gasteiger partial charge in [-0.3, -0.25) is 0 Å². The van der Waals surface area contributed by atoms with Crippen LogP contribution in [-0.2, 0) is 6.54 Å². The Morgan fingerprint density at radius 3 is 2.44 bits per heavy atom. The molecule has 0 radical (unpaired) electrons. The van der Waals surface area contributed by atoms with Crippen molar-refractivity contribution < 1.29 is 14.6 Å². The van der Waals surface area contributed by atoms with Gasteiger partial charge in [-0.2, -0.15) is 0 Å². The molecule has 0 aromatic heterocycles. The molecular formula is C20H32N2O3. The number of ether oxygens (including phenoxy) is 1. The molecule has 2 N–H and O–H groups in total. The van der Waals surface area contributed by atoms with Crippen molar-refractivity contribution in [2.45, 2.75) is 52.1 Å². The van der Waals surface area contributed by atoms with E-state index in [0.29, 0.717) is 25.0 Å². The molecule has 0 saturated heterocycles. The number of hydrogen-bond donors (Lipinski definition) is 2. The first-order valence-corrected chi connectivity index (χ1v) is 9.32. The predicted octanol–water partition coefficient (Wildman–Crippen LogP) is 3.41. The van der Waals surface area contributed by atoms with E-state index in [2.05, 4.69) is 19.2 Å². The van der Waals surface area contributed by atoms with Gasteiger partial charge in [0.1, 0.15) is 5.75 Å². The number of aliphatic hydroxyl groups excluding tert-OH is 1. The summed E-state index contributed by atoms with van der Waals surface area (Å²) < 4.78 is 5.67. The molecule has 25 heavy (non-hydrogen) atoms. The SMILES string of the molecule is CC(C)COc1ccc(CNC(=O)N(C)C2CCC(CO)CC2)cc1. The smallest absolute Gasteiger partial charge is 0.317 e. The van der Waals surface area contributed by atoms with E-state index in [1.165, 1.54) is 0 Å². The molecule has 1 aliphatic carbocycles. The maximum Gasteiger partial charge on any atom is 0.317 e. The number of benzene rings is 1. The van der Waals surface area contributed by atoms with Gasteiger partial charge in [0.2, 0.25) is 0 Å². The minimum Gasteiger partial charge on any atom is -0.493 e. The Balaban J connectivity index is 1.75. The number of nitrogens with zero attached hydrogens (tertiary/aromatic N) is 1. The van der Waals surface area contributed by atoms with E-state index < -0.39 is 0 Å². The summed E-state index contributed by atoms with van der Waals surface area (Å²) in [5.74, 6) is 1.77. The van der Waals surface area contributed by atoms with E-state index in [4.69, 9.17) is 4.74 Å². The fourth-order valence-electron chi connectivity index (χ4n) is 3.15. The summed E-state index contributed by atoms with van der Waals surface area (Å²) in [4.78, 5) is 14.2. The van der Waals surface area contributed by atoms with E-state index >= 15 is 0 Å². The highest BCUT2D eigenvalue weighted by atomic mass is 16.5. The Labute approximate surface area is 151 Å². The molecule has 1 aliphatic rings. The van der Waals surface area contributed by atoms with E-state index in [1.807, 2.05) is 36.2 Å². The van der Waals surface area contributed by atoms with E-state index in [0.717, 1.165) is 37.0 Å². The number of nitrogens with one attached hydrogen (secondary N) is 1. The molecule has 1 aromatic rings. The lowest BCUT2D eigenvalue weighted by Gasteiger charge is -2.34. The van der Waals surface area contributed by atoms with E-state index in [-0.39, 0.29) is 18.7 Å². The molecule has 2 rings (SSSR count). The molecule has 0 bridgehead atoms. The third-order valence-electron chi connectivity index (χ3n) is 4.89. The topological polar surface area (TPSA) is 61.8 Å². The number of carbonyl (C=O) groups excluding carboxylic acids is 1. The van der Waals surface area contributed by atoms with Crippen LogP contribution in [0.2, 0.25) is 0 Å². The summed E-state index contributed by atoms with van der Waals surface area (Å²) >= 11 is 0. The third kappa shape index (κ3) is 6.24. The minimum atomic E-state index is -0.0346. The number of urea groups is 1. The zero-order valence-corrected chi connectivity index (χ0v) is 15.7. The van der Waals surface area contributed by atoms with Crippen molar-refractivity contribution >= 4 is 6.03 Å². The second-order valence-electron chi connectivity index (χ2n) is 7.48. The second-order valence-corrected chi connectivity index (χ2v) is 7.48. The van der Waals surface area contributed by atoms with Crippen LogP contribution in [0.1, 0.15) is 45.1 Å². The van der Waals surface area contributed by atoms with Gasteiger partial charge in [-0.25, -0.2) is 4.79 Å². The van der Waals surface area contributed by atoms with Crippen molar-refractivity contribution in [3.05, 3.63) is 29.8 Å². The summed E-state index contributed by atoms with van der Waals surface area (Å²) in [6.45, 7) is 5.73. The lowest BCUT2D eigenvalue weighted by atomic mass is 9.86. The van der Waals surface area contributed by atoms with Crippen LogP contribution in [0.5, 0.6) is 5.75 Å². The molecule has 2 amide bonds.